The number of hydrogen-bond donors (Lipinski definition) is 1. The van der Waals surface area contributed by atoms with E-state index >= 15 is 0 Å². The predicted octanol–water partition coefficient (Wildman–Crippen LogP) is 3.74. The highest BCUT2D eigenvalue weighted by Gasteiger charge is 2.12. The van der Waals surface area contributed by atoms with E-state index in [2.05, 4.69) is 5.32 Å². The van der Waals surface area contributed by atoms with Gasteiger partial charge in [-0.05, 0) is 35.9 Å². The fraction of sp³-hybridized carbons (Fsp3) is 0.125. The molecule has 2 aromatic carbocycles. The molecule has 2 rings (SSSR count). The van der Waals surface area contributed by atoms with Gasteiger partial charge in [0, 0.05) is 6.54 Å². The Morgan fingerprint density at radius 3 is 2.25 bits per heavy atom. The first-order valence-electron chi connectivity index (χ1n) is 6.69. The third-order valence-corrected chi connectivity index (χ3v) is 3.54. The zero-order chi connectivity index (χ0) is 17.7. The lowest BCUT2D eigenvalue weighted by atomic mass is 10.2. The van der Waals surface area contributed by atoms with E-state index in [-0.39, 0.29) is 22.2 Å². The Kier molecular flexibility index (Phi) is 6.11. The fourth-order valence-electron chi connectivity index (χ4n) is 1.74. The maximum absolute atomic E-state index is 13.0. The van der Waals surface area contributed by atoms with Crippen LogP contribution in [0.3, 0.4) is 0 Å². The van der Waals surface area contributed by atoms with E-state index in [1.54, 1.807) is 0 Å². The number of benzene rings is 2. The number of carbonyl (C=O) groups excluding carboxylic acids is 2. The summed E-state index contributed by atoms with van der Waals surface area (Å²) < 4.78 is 30.8. The molecule has 0 aromatic heterocycles. The van der Waals surface area contributed by atoms with Gasteiger partial charge in [0.2, 0.25) is 0 Å². The summed E-state index contributed by atoms with van der Waals surface area (Å²) in [5, 5.41) is 2.22. The first-order valence-corrected chi connectivity index (χ1v) is 7.45. The van der Waals surface area contributed by atoms with Crippen molar-refractivity contribution in [3.05, 3.63) is 69.2 Å². The van der Waals surface area contributed by atoms with Crippen LogP contribution in [0.1, 0.15) is 15.9 Å². The van der Waals surface area contributed by atoms with Crippen LogP contribution in [0.15, 0.2) is 36.4 Å². The Hall–Kier alpha value is -2.18. The highest BCUT2D eigenvalue weighted by Crippen LogP contribution is 2.17. The molecule has 0 bridgehead atoms. The molecule has 126 valence electrons. The van der Waals surface area contributed by atoms with Crippen molar-refractivity contribution >= 4 is 35.1 Å². The van der Waals surface area contributed by atoms with E-state index < -0.39 is 30.1 Å². The fourth-order valence-corrected chi connectivity index (χ4v) is 2.12. The van der Waals surface area contributed by atoms with Crippen LogP contribution < -0.4 is 5.32 Å². The largest absolute Gasteiger partial charge is 0.452 e. The van der Waals surface area contributed by atoms with Gasteiger partial charge in [0.15, 0.2) is 6.61 Å². The standard InChI is InChI=1S/C16H11Cl2F2NO3/c17-11-5-9(1-3-13(11)19)7-21-15(22)8-24-16(23)10-2-4-14(20)12(18)6-10/h1-6H,7-8H2,(H,21,22). The Bertz CT molecular complexity index is 784. The Morgan fingerprint density at radius 1 is 1.00 bits per heavy atom. The van der Waals surface area contributed by atoms with Crippen molar-refractivity contribution in [2.45, 2.75) is 6.54 Å². The SMILES string of the molecule is O=C(COC(=O)c1ccc(F)c(Cl)c1)NCc1ccc(F)c(Cl)c1. The van der Waals surface area contributed by atoms with Crippen molar-refractivity contribution < 1.29 is 23.1 Å². The van der Waals surface area contributed by atoms with Crippen LogP contribution in [-0.4, -0.2) is 18.5 Å². The van der Waals surface area contributed by atoms with Crippen LogP contribution >= 0.6 is 23.2 Å². The summed E-state index contributed by atoms with van der Waals surface area (Å²) in [7, 11) is 0. The molecular weight excluding hydrogens is 363 g/mol. The average Bonchev–Trinajstić information content (AvgIpc) is 2.56. The monoisotopic (exact) mass is 373 g/mol. The van der Waals surface area contributed by atoms with E-state index in [0.29, 0.717) is 5.56 Å². The maximum Gasteiger partial charge on any atom is 0.338 e. The Balaban J connectivity index is 1.83. The van der Waals surface area contributed by atoms with Gasteiger partial charge in [0.1, 0.15) is 11.6 Å². The minimum absolute atomic E-state index is 0.0273. The number of esters is 1. The smallest absolute Gasteiger partial charge is 0.338 e. The molecule has 4 nitrogen and oxygen atoms in total. The lowest BCUT2D eigenvalue weighted by Crippen LogP contribution is -2.28. The summed E-state index contributed by atoms with van der Waals surface area (Å²) in [5.74, 6) is -2.59. The Labute approximate surface area is 146 Å². The molecule has 2 aromatic rings. The molecule has 0 saturated heterocycles. The molecule has 0 fully saturated rings. The number of rotatable bonds is 5. The van der Waals surface area contributed by atoms with Crippen molar-refractivity contribution in [2.24, 2.45) is 0 Å². The van der Waals surface area contributed by atoms with Crippen molar-refractivity contribution in [3.63, 3.8) is 0 Å². The minimum Gasteiger partial charge on any atom is -0.452 e. The van der Waals surface area contributed by atoms with Gasteiger partial charge in [-0.1, -0.05) is 29.3 Å². The molecule has 0 radical (unpaired) electrons. The van der Waals surface area contributed by atoms with Crippen LogP contribution in [0.25, 0.3) is 0 Å². The van der Waals surface area contributed by atoms with Gasteiger partial charge in [-0.2, -0.15) is 0 Å². The molecule has 0 spiro atoms. The second-order valence-corrected chi connectivity index (χ2v) is 5.54. The molecule has 0 saturated carbocycles. The molecular formula is C16H11Cl2F2NO3. The number of carbonyl (C=O) groups is 2. The van der Waals surface area contributed by atoms with Crippen molar-refractivity contribution in [2.75, 3.05) is 6.61 Å². The number of hydrogen-bond acceptors (Lipinski definition) is 3. The molecule has 0 aliphatic rings. The van der Waals surface area contributed by atoms with Gasteiger partial charge in [-0.25, -0.2) is 13.6 Å². The van der Waals surface area contributed by atoms with Crippen molar-refractivity contribution in [3.8, 4) is 0 Å². The van der Waals surface area contributed by atoms with E-state index in [1.165, 1.54) is 24.3 Å². The average molecular weight is 374 g/mol. The van der Waals surface area contributed by atoms with Crippen LogP contribution in [0.2, 0.25) is 10.0 Å². The van der Waals surface area contributed by atoms with E-state index in [4.69, 9.17) is 27.9 Å². The lowest BCUT2D eigenvalue weighted by molar-refractivity contribution is -0.124. The first kappa shape index (κ1) is 18.2. The maximum atomic E-state index is 13.0. The van der Waals surface area contributed by atoms with Crippen molar-refractivity contribution in [1.82, 2.24) is 5.32 Å². The summed E-state index contributed by atoms with van der Waals surface area (Å²) in [6, 6.07) is 7.36. The van der Waals surface area contributed by atoms with E-state index in [0.717, 1.165) is 12.1 Å². The second kappa shape index (κ2) is 8.08. The quantitative estimate of drug-likeness (QED) is 0.812. The van der Waals surface area contributed by atoms with Crippen LogP contribution in [0.5, 0.6) is 0 Å². The second-order valence-electron chi connectivity index (χ2n) is 4.73. The molecule has 1 N–H and O–H groups in total. The van der Waals surface area contributed by atoms with Gasteiger partial charge >= 0.3 is 5.97 Å². The highest BCUT2D eigenvalue weighted by molar-refractivity contribution is 6.31. The molecule has 0 aliphatic heterocycles. The third-order valence-electron chi connectivity index (χ3n) is 2.96. The summed E-state index contributed by atoms with van der Waals surface area (Å²) in [5.41, 5.74) is 0.617. The third kappa shape index (κ3) is 4.91. The topological polar surface area (TPSA) is 55.4 Å². The summed E-state index contributed by atoms with van der Waals surface area (Å²) in [6.45, 7) is -0.429. The van der Waals surface area contributed by atoms with E-state index in [9.17, 15) is 18.4 Å². The van der Waals surface area contributed by atoms with Crippen molar-refractivity contribution in [1.29, 1.82) is 0 Å². The van der Waals surface area contributed by atoms with E-state index in [1.807, 2.05) is 0 Å². The summed E-state index contributed by atoms with van der Waals surface area (Å²) >= 11 is 11.2. The number of amides is 1. The van der Waals surface area contributed by atoms with Crippen LogP contribution in [0, 0.1) is 11.6 Å². The predicted molar refractivity (Wildman–Crippen MR) is 84.9 cm³/mol. The first-order chi connectivity index (χ1) is 11.4. The minimum atomic E-state index is -0.808. The zero-order valence-electron chi connectivity index (χ0n) is 12.1. The molecule has 0 atom stereocenters. The number of nitrogens with one attached hydrogen (secondary N) is 1. The van der Waals surface area contributed by atoms with Crippen LogP contribution in [-0.2, 0) is 16.1 Å². The molecule has 1 amide bonds. The summed E-state index contributed by atoms with van der Waals surface area (Å²) in [4.78, 5) is 23.4. The van der Waals surface area contributed by atoms with Gasteiger partial charge in [-0.15, -0.1) is 0 Å². The van der Waals surface area contributed by atoms with Crippen LogP contribution in [0.4, 0.5) is 8.78 Å². The highest BCUT2D eigenvalue weighted by atomic mass is 35.5. The van der Waals surface area contributed by atoms with Gasteiger partial charge < -0.3 is 10.1 Å². The van der Waals surface area contributed by atoms with Gasteiger partial charge in [-0.3, -0.25) is 4.79 Å². The molecule has 24 heavy (non-hydrogen) atoms. The number of ether oxygens (including phenoxy) is 1. The molecule has 0 heterocycles. The number of halogens is 4. The molecule has 0 aliphatic carbocycles. The Morgan fingerprint density at radius 2 is 1.62 bits per heavy atom. The lowest BCUT2D eigenvalue weighted by Gasteiger charge is -2.07. The zero-order valence-corrected chi connectivity index (χ0v) is 13.6. The summed E-state index contributed by atoms with van der Waals surface area (Å²) in [6.07, 6.45) is 0. The molecule has 8 heteroatoms. The molecule has 0 unspecified atom stereocenters. The van der Waals surface area contributed by atoms with Gasteiger partial charge in [0.25, 0.3) is 5.91 Å². The normalized spacial score (nSPS) is 10.3. The van der Waals surface area contributed by atoms with Gasteiger partial charge in [0.05, 0.1) is 15.6 Å².